The van der Waals surface area contributed by atoms with Crippen LogP contribution < -0.4 is 19.6 Å². The first kappa shape index (κ1) is 150. The summed E-state index contributed by atoms with van der Waals surface area (Å²) in [5.41, 5.74) is 6.49. The summed E-state index contributed by atoms with van der Waals surface area (Å²) in [6, 6.07) is 0. The Morgan fingerprint density at radius 3 is 0.653 bits per heavy atom. The van der Waals surface area contributed by atoms with E-state index < -0.39 is 63.5 Å². The maximum absolute atomic E-state index is 12.7. The number of carbonyl (C=O) groups is 2. The summed E-state index contributed by atoms with van der Waals surface area (Å²) in [5, 5.41) is 0.705. The van der Waals surface area contributed by atoms with Crippen LogP contribution in [0.15, 0.2) is 24.3 Å². The first-order valence-corrected chi connectivity index (χ1v) is 72.9. The van der Waals surface area contributed by atoms with E-state index in [0.717, 1.165) is 219 Å². The second-order valence-corrected chi connectivity index (χ2v) is 61.6. The van der Waals surface area contributed by atoms with E-state index >= 15 is 0 Å². The Morgan fingerprint density at radius 2 is 0.417 bits per heavy atom. The summed E-state index contributed by atoms with van der Waals surface area (Å²) in [7, 11) is 2.48. The van der Waals surface area contributed by atoms with Crippen molar-refractivity contribution in [3.63, 3.8) is 0 Å². The van der Waals surface area contributed by atoms with Crippen molar-refractivity contribution in [3.8, 4) is 0 Å². The topological polar surface area (TPSA) is 287 Å². The predicted octanol–water partition coefficient (Wildman–Crippen LogP) is 33.9. The van der Waals surface area contributed by atoms with Crippen molar-refractivity contribution in [3.05, 3.63) is 24.3 Å². The summed E-state index contributed by atoms with van der Waals surface area (Å²) >= 11 is -1.82. The molecule has 0 aliphatic heterocycles. The molecular weight excluding hydrogens is 1950 g/mol. The van der Waals surface area contributed by atoms with Crippen LogP contribution in [0.3, 0.4) is 0 Å². The molecule has 5 unspecified atom stereocenters. The van der Waals surface area contributed by atoms with Crippen molar-refractivity contribution in [2.24, 2.45) is 0 Å². The molecule has 0 spiro atoms. The van der Waals surface area contributed by atoms with E-state index in [1.807, 2.05) is 0 Å². The molecule has 0 amide bonds. The molecule has 0 saturated carbocycles. The van der Waals surface area contributed by atoms with Gasteiger partial charge < -0.3 is 55.3 Å². The van der Waals surface area contributed by atoms with Gasteiger partial charge in [0, 0.05) is 0 Å². The van der Waals surface area contributed by atoms with Crippen LogP contribution in [0.25, 0.3) is 0 Å². The number of rotatable bonds is 109. The van der Waals surface area contributed by atoms with Crippen LogP contribution in [0.2, 0.25) is 22.3 Å². The van der Waals surface area contributed by atoms with Gasteiger partial charge >= 0.3 is 151 Å². The van der Waals surface area contributed by atoms with Crippen LogP contribution in [-0.4, -0.2) is 188 Å². The van der Waals surface area contributed by atoms with Crippen molar-refractivity contribution < 1.29 is 107 Å². The summed E-state index contributed by atoms with van der Waals surface area (Å²) in [6.07, 6.45) is 102. The van der Waals surface area contributed by atoms with Crippen molar-refractivity contribution in [2.75, 3.05) is 143 Å². The minimum atomic E-state index is -4.59. The molecule has 0 aromatic heterocycles. The molecule has 0 fully saturated rings. The fraction of sp³-hybridized carbons (Fsp3) is 0.948. The Balaban J connectivity index is -0.000000947. The molecule has 23 nitrogen and oxygen atoms in total. The first-order chi connectivity index (χ1) is 68.8. The summed E-state index contributed by atoms with van der Waals surface area (Å²) in [5.74, 6) is -0.833. The standard InChI is InChI=1S/C44H84AsO8P.C25H54NO4P.C24H52NO4P.C23H50NO4P/c1-6-8-10-12-14-16-18-20-22-24-26-28-30-32-34-36-43(46)50-40-42(41-52-54(48,49)51-39-38-45(3,4)5)53-44(47)37-35-33-31-29-27-25-23-21-19-17-15-13-11-9-7-2;1-5-6-7-8-9-10-11-12-13-14-15-16-18-21-24-29-31(27,28)30-25-22-19-17-20-23-26(2,3)4;1-5-6-7-8-9-10-11-12-13-14-15-16-17-20-23-28-30(26,27)29-24-21-18-19-22-25(2,3)4;1-5-6-7-8-9-10-11-12-13-14-15-16-17-19-22-27-29(25,26)28-23-20-18-21-24(2,3)4/h20-23,42H,6-19,24-41H2,1-5H3;5-25H2,1-4H3;5-24H2,1-4H3;5-23H2,1-4H3/b22-20-,23-21-;;;. The number of esters is 2. The summed E-state index contributed by atoms with van der Waals surface area (Å²) in [6.45, 7) is 15.3. The molecule has 0 rings (SSSR count). The number of hydrogen-bond acceptors (Lipinski definition) is 20. The van der Waals surface area contributed by atoms with Gasteiger partial charge in [0.1, 0.15) is 0 Å². The summed E-state index contributed by atoms with van der Waals surface area (Å²) < 4.78 is 101. The Morgan fingerprint density at radius 1 is 0.236 bits per heavy atom. The Kier molecular flexibility index (Phi) is 112. The number of allylic oxidation sites excluding steroid dienone is 4. The Bertz CT molecular complexity index is 2950. The number of ether oxygens (including phenoxy) is 2. The number of phosphoric ester groups is 4. The number of phosphoric acid groups is 4. The molecule has 0 aliphatic rings. The molecule has 5 atom stereocenters. The second-order valence-electron chi connectivity index (χ2n) is 45.4. The van der Waals surface area contributed by atoms with Gasteiger partial charge in [-0.05, 0) is 122 Å². The molecule has 0 bridgehead atoms. The minimum Gasteiger partial charge on any atom is -0.756 e. The second kappa shape index (κ2) is 108. The van der Waals surface area contributed by atoms with E-state index in [0.29, 0.717) is 11.6 Å². The van der Waals surface area contributed by atoms with Crippen LogP contribution in [0, 0.1) is 0 Å². The third kappa shape index (κ3) is 135. The van der Waals surface area contributed by atoms with E-state index in [4.69, 9.17) is 45.7 Å². The van der Waals surface area contributed by atoms with Crippen molar-refractivity contribution in [1.29, 1.82) is 0 Å². The third-order valence-corrected chi connectivity index (χ3v) is 33.0. The Hall–Kier alpha value is -0.702. The fourth-order valence-electron chi connectivity index (χ4n) is 16.6. The van der Waals surface area contributed by atoms with Crippen LogP contribution in [-0.2, 0) is 73.5 Å². The number of carbonyl (C=O) groups excluding carboxylic acids is 2. The number of nitrogens with zero attached hydrogens (tertiary/aromatic N) is 3. The first-order valence-electron chi connectivity index (χ1n) is 60.1. The molecular formula is C116H240AsN3O20P4. The van der Waals surface area contributed by atoms with Gasteiger partial charge in [0.2, 0.25) is 0 Å². The molecule has 864 valence electrons. The van der Waals surface area contributed by atoms with Crippen LogP contribution >= 0.6 is 31.3 Å². The fourth-order valence-corrected chi connectivity index (χ4v) is 21.3. The van der Waals surface area contributed by atoms with Crippen LogP contribution in [0.5, 0.6) is 0 Å². The average Bonchev–Trinajstić information content (AvgIpc) is 0.902. The molecule has 0 aliphatic carbocycles. The van der Waals surface area contributed by atoms with Crippen LogP contribution in [0.4, 0.5) is 0 Å². The molecule has 28 heteroatoms. The Labute approximate surface area is 894 Å². The number of hydrogen-bond donors (Lipinski definition) is 0. The van der Waals surface area contributed by atoms with E-state index in [2.05, 4.69) is 139 Å². The molecule has 0 heterocycles. The molecule has 0 radical (unpaired) electrons. The summed E-state index contributed by atoms with van der Waals surface area (Å²) in [4.78, 5) is 72.7. The van der Waals surface area contributed by atoms with Gasteiger partial charge in [0.25, 0.3) is 23.5 Å². The smallest absolute Gasteiger partial charge is 0.756 e. The van der Waals surface area contributed by atoms with Gasteiger partial charge in [-0.15, -0.1) is 0 Å². The zero-order valence-corrected chi connectivity index (χ0v) is 103. The number of unbranched alkanes of at least 4 members (excludes halogenated alkanes) is 67. The quantitative estimate of drug-likeness (QED) is 0.0136. The average molecular weight is 2200 g/mol. The van der Waals surface area contributed by atoms with Crippen molar-refractivity contribution in [2.45, 2.75) is 570 Å². The predicted molar refractivity (Wildman–Crippen MR) is 607 cm³/mol. The van der Waals surface area contributed by atoms with E-state index in [1.165, 1.54) is 302 Å². The normalized spacial score (nSPS) is 14.0. The van der Waals surface area contributed by atoms with E-state index in [9.17, 15) is 47.4 Å². The van der Waals surface area contributed by atoms with Crippen molar-refractivity contribution >= 4 is 56.8 Å². The monoisotopic (exact) mass is 2190 g/mol. The van der Waals surface area contributed by atoms with Crippen molar-refractivity contribution in [1.82, 2.24) is 0 Å². The zero-order valence-electron chi connectivity index (χ0n) is 97.7. The van der Waals surface area contributed by atoms with Gasteiger partial charge in [-0.1, -0.05) is 412 Å². The SMILES string of the molecule is CCCCCCCC/C=C\CCCCCCCC(=O)OCC(COP(=O)([O-])OCC[As+](C)(C)C)OC(=O)CCCCCCC/C=C\CCCCCCCC.CCCCCCCCCCCCCCCCOP(=O)([O-])OCCCCCC[N+](C)(C)C.CCCCCCCCCCCCCCCCOP(=O)([O-])OCCCCC[N+](C)(C)C.CCCCCCCCCCCCCCCCOP(=O)([O-])OCCCC[N+](C)(C)C. The maximum atomic E-state index is 12.7. The van der Waals surface area contributed by atoms with Crippen LogP contribution in [0.1, 0.15) is 542 Å². The van der Waals surface area contributed by atoms with Gasteiger partial charge in [-0.3, -0.25) is 13.7 Å². The molecule has 0 N–H and O–H groups in total. The molecule has 0 saturated heterocycles. The zero-order chi connectivity index (χ0) is 108. The molecule has 144 heavy (non-hydrogen) atoms. The van der Waals surface area contributed by atoms with Gasteiger partial charge in [0.05, 0.1) is 123 Å². The third-order valence-electron chi connectivity index (χ3n) is 25.9. The van der Waals surface area contributed by atoms with Gasteiger partial charge in [-0.25, -0.2) is 0 Å². The molecule has 0 aromatic rings. The van der Waals surface area contributed by atoms with E-state index in [-0.39, 0.29) is 71.7 Å². The number of quaternary nitrogens is 3. The molecule has 0 aromatic carbocycles. The van der Waals surface area contributed by atoms with Gasteiger partial charge in [0.15, 0.2) is 0 Å². The minimum absolute atomic E-state index is 0.0716. The van der Waals surface area contributed by atoms with Gasteiger partial charge in [-0.2, -0.15) is 0 Å². The van der Waals surface area contributed by atoms with E-state index in [1.54, 1.807) is 0 Å².